The summed E-state index contributed by atoms with van der Waals surface area (Å²) >= 11 is 0. The van der Waals surface area contributed by atoms with Crippen molar-refractivity contribution in [3.63, 3.8) is 0 Å². The minimum Gasteiger partial charge on any atom is -0.330 e. The van der Waals surface area contributed by atoms with E-state index in [1.165, 1.54) is 18.5 Å². The van der Waals surface area contributed by atoms with Gasteiger partial charge in [-0.25, -0.2) is 17.7 Å². The normalized spacial score (nSPS) is 12.0. The Hall–Kier alpha value is -2.19. The van der Waals surface area contributed by atoms with Crippen molar-refractivity contribution >= 4 is 15.7 Å². The Bertz CT molecular complexity index is 807. The molecule has 0 aliphatic heterocycles. The van der Waals surface area contributed by atoms with Crippen LogP contribution in [0, 0.1) is 0 Å². The van der Waals surface area contributed by atoms with Gasteiger partial charge in [0.05, 0.1) is 6.20 Å². The van der Waals surface area contributed by atoms with E-state index >= 15 is 0 Å². The van der Waals surface area contributed by atoms with Gasteiger partial charge in [0.2, 0.25) is 10.0 Å². The highest BCUT2D eigenvalue weighted by Gasteiger charge is 2.13. The number of nitrogens with one attached hydrogen (secondary N) is 1. The van der Waals surface area contributed by atoms with E-state index in [4.69, 9.17) is 0 Å². The molecule has 104 valence electrons. The third-order valence-electron chi connectivity index (χ3n) is 2.92. The molecular formula is C12H13N5O2S. The molecular weight excluding hydrogens is 278 g/mol. The van der Waals surface area contributed by atoms with Crippen LogP contribution in [0.5, 0.6) is 0 Å². The van der Waals surface area contributed by atoms with Gasteiger partial charge in [-0.2, -0.15) is 5.10 Å². The van der Waals surface area contributed by atoms with Gasteiger partial charge in [0.1, 0.15) is 10.5 Å². The highest BCUT2D eigenvalue weighted by atomic mass is 32.2. The first-order chi connectivity index (χ1) is 9.67. The average molecular weight is 291 g/mol. The minimum absolute atomic E-state index is 0.169. The van der Waals surface area contributed by atoms with Crippen LogP contribution < -0.4 is 4.72 Å². The molecule has 0 aliphatic carbocycles. The maximum absolute atomic E-state index is 12.0. The SMILES string of the molecule is O=S(=O)(NCCn1ccn2nccc12)c1cccnc1. The van der Waals surface area contributed by atoms with Gasteiger partial charge in [-0.05, 0) is 12.1 Å². The molecule has 0 unspecified atom stereocenters. The molecule has 0 spiro atoms. The first-order valence-electron chi connectivity index (χ1n) is 6.05. The molecule has 0 amide bonds. The van der Waals surface area contributed by atoms with Crippen LogP contribution in [-0.2, 0) is 16.6 Å². The van der Waals surface area contributed by atoms with Crippen LogP contribution in [0.3, 0.4) is 0 Å². The summed E-state index contributed by atoms with van der Waals surface area (Å²) in [5.41, 5.74) is 0.922. The van der Waals surface area contributed by atoms with E-state index in [2.05, 4.69) is 14.8 Å². The molecule has 8 heteroatoms. The average Bonchev–Trinajstić information content (AvgIpc) is 3.04. The zero-order chi connectivity index (χ0) is 14.0. The lowest BCUT2D eigenvalue weighted by Gasteiger charge is -2.07. The Balaban J connectivity index is 1.67. The van der Waals surface area contributed by atoms with Crippen LogP contribution >= 0.6 is 0 Å². The van der Waals surface area contributed by atoms with Crippen molar-refractivity contribution in [3.8, 4) is 0 Å². The smallest absolute Gasteiger partial charge is 0.242 e. The van der Waals surface area contributed by atoms with Gasteiger partial charge in [0.25, 0.3) is 0 Å². The molecule has 1 N–H and O–H groups in total. The van der Waals surface area contributed by atoms with Crippen molar-refractivity contribution < 1.29 is 8.42 Å². The van der Waals surface area contributed by atoms with Crippen molar-refractivity contribution in [3.05, 3.63) is 49.2 Å². The summed E-state index contributed by atoms with van der Waals surface area (Å²) in [6, 6.07) is 4.98. The molecule has 7 nitrogen and oxygen atoms in total. The van der Waals surface area contributed by atoms with E-state index in [1.54, 1.807) is 16.8 Å². The second-order valence-corrected chi connectivity index (χ2v) is 5.98. The molecule has 3 rings (SSSR count). The zero-order valence-electron chi connectivity index (χ0n) is 10.5. The summed E-state index contributed by atoms with van der Waals surface area (Å²) in [6.07, 6.45) is 8.25. The van der Waals surface area contributed by atoms with Crippen molar-refractivity contribution in [1.82, 2.24) is 23.9 Å². The Labute approximate surface area is 115 Å². The van der Waals surface area contributed by atoms with E-state index < -0.39 is 10.0 Å². The highest BCUT2D eigenvalue weighted by molar-refractivity contribution is 7.89. The van der Waals surface area contributed by atoms with Crippen molar-refractivity contribution in [2.45, 2.75) is 11.4 Å². The molecule has 3 heterocycles. The first-order valence-corrected chi connectivity index (χ1v) is 7.53. The third-order valence-corrected chi connectivity index (χ3v) is 4.37. The molecule has 20 heavy (non-hydrogen) atoms. The predicted molar refractivity (Wildman–Crippen MR) is 72.6 cm³/mol. The summed E-state index contributed by atoms with van der Waals surface area (Å²) in [4.78, 5) is 3.98. The largest absolute Gasteiger partial charge is 0.330 e. The van der Waals surface area contributed by atoms with E-state index in [1.807, 2.05) is 23.0 Å². The molecule has 0 saturated carbocycles. The lowest BCUT2D eigenvalue weighted by atomic mass is 10.5. The van der Waals surface area contributed by atoms with Gasteiger partial charge >= 0.3 is 0 Å². The molecule has 0 atom stereocenters. The summed E-state index contributed by atoms with van der Waals surface area (Å²) in [6.45, 7) is 0.828. The highest BCUT2D eigenvalue weighted by Crippen LogP contribution is 2.06. The maximum Gasteiger partial charge on any atom is 0.242 e. The first kappa shape index (κ1) is 12.8. The molecule has 3 aromatic rings. The van der Waals surface area contributed by atoms with Gasteiger partial charge in [-0.3, -0.25) is 4.98 Å². The fourth-order valence-electron chi connectivity index (χ4n) is 1.95. The van der Waals surface area contributed by atoms with E-state index in [-0.39, 0.29) is 4.90 Å². The molecule has 0 aromatic carbocycles. The number of nitrogens with zero attached hydrogens (tertiary/aromatic N) is 4. The lowest BCUT2D eigenvalue weighted by Crippen LogP contribution is -2.27. The van der Waals surface area contributed by atoms with Crippen molar-refractivity contribution in [2.24, 2.45) is 0 Å². The lowest BCUT2D eigenvalue weighted by molar-refractivity contribution is 0.574. The number of hydrogen-bond acceptors (Lipinski definition) is 4. The zero-order valence-corrected chi connectivity index (χ0v) is 11.4. The number of hydrogen-bond donors (Lipinski definition) is 1. The standard InChI is InChI=1S/C12H13N5O2S/c18-20(19,11-2-1-4-13-10-11)15-6-7-16-8-9-17-12(16)3-5-14-17/h1-5,8-10,15H,6-7H2. The van der Waals surface area contributed by atoms with Crippen LogP contribution in [0.4, 0.5) is 0 Å². The quantitative estimate of drug-likeness (QED) is 0.742. The van der Waals surface area contributed by atoms with Gasteiger partial charge in [-0.15, -0.1) is 0 Å². The summed E-state index contributed by atoms with van der Waals surface area (Å²) < 4.78 is 30.2. The number of imidazole rings is 1. The molecule has 0 bridgehead atoms. The molecule has 0 aliphatic rings. The van der Waals surface area contributed by atoms with Crippen LogP contribution in [-0.4, -0.2) is 34.1 Å². The fraction of sp³-hybridized carbons (Fsp3) is 0.167. The van der Waals surface area contributed by atoms with E-state index in [0.717, 1.165) is 5.65 Å². The Morgan fingerprint density at radius 3 is 2.90 bits per heavy atom. The molecule has 0 radical (unpaired) electrons. The number of pyridine rings is 1. The van der Waals surface area contributed by atoms with Crippen LogP contribution in [0.25, 0.3) is 5.65 Å². The molecule has 3 aromatic heterocycles. The number of aromatic nitrogens is 4. The monoisotopic (exact) mass is 291 g/mol. The van der Waals surface area contributed by atoms with Crippen LogP contribution in [0.2, 0.25) is 0 Å². The molecule has 0 fully saturated rings. The maximum atomic E-state index is 12.0. The Kier molecular flexibility index (Phi) is 3.25. The summed E-state index contributed by atoms with van der Waals surface area (Å²) in [5, 5.41) is 4.09. The Morgan fingerprint density at radius 1 is 1.20 bits per heavy atom. The van der Waals surface area contributed by atoms with Gasteiger partial charge in [0, 0.05) is 43.9 Å². The summed E-state index contributed by atoms with van der Waals surface area (Å²) in [5.74, 6) is 0. The van der Waals surface area contributed by atoms with E-state index in [0.29, 0.717) is 13.1 Å². The second-order valence-electron chi connectivity index (χ2n) is 4.21. The third kappa shape index (κ3) is 2.43. The predicted octanol–water partition coefficient (Wildman–Crippen LogP) is 0.509. The van der Waals surface area contributed by atoms with Crippen LogP contribution in [0.15, 0.2) is 54.1 Å². The van der Waals surface area contributed by atoms with Gasteiger partial charge < -0.3 is 4.57 Å². The topological polar surface area (TPSA) is 81.3 Å². The number of sulfonamides is 1. The Morgan fingerprint density at radius 2 is 2.10 bits per heavy atom. The van der Waals surface area contributed by atoms with Gasteiger partial charge in [-0.1, -0.05) is 0 Å². The van der Waals surface area contributed by atoms with E-state index in [9.17, 15) is 8.42 Å². The number of rotatable bonds is 5. The molecule has 0 saturated heterocycles. The second kappa shape index (κ2) is 5.06. The number of fused-ring (bicyclic) bond motifs is 1. The van der Waals surface area contributed by atoms with Crippen LogP contribution in [0.1, 0.15) is 0 Å². The fourth-order valence-corrected chi connectivity index (χ4v) is 2.93. The van der Waals surface area contributed by atoms with Crippen molar-refractivity contribution in [2.75, 3.05) is 6.54 Å². The summed E-state index contributed by atoms with van der Waals surface area (Å²) in [7, 11) is -3.50. The van der Waals surface area contributed by atoms with Crippen molar-refractivity contribution in [1.29, 1.82) is 0 Å². The van der Waals surface area contributed by atoms with Gasteiger partial charge in [0.15, 0.2) is 0 Å². The minimum atomic E-state index is -3.50.